The van der Waals surface area contributed by atoms with E-state index >= 15 is 0 Å². The minimum atomic E-state index is -0.733. The normalized spacial score (nSPS) is 13.2. The van der Waals surface area contributed by atoms with Crippen LogP contribution in [0.4, 0.5) is 10.1 Å². The topological polar surface area (TPSA) is 136 Å². The van der Waals surface area contributed by atoms with Crippen molar-refractivity contribution in [3.63, 3.8) is 0 Å². The number of nitrogens with two attached hydrogens (primary N) is 2. The number of carbonyl (C=O) groups excluding carboxylic acids is 3. The molecule has 1 fully saturated rings. The second-order valence-electron chi connectivity index (χ2n) is 7.89. The van der Waals surface area contributed by atoms with Gasteiger partial charge in [-0.2, -0.15) is 5.10 Å². The summed E-state index contributed by atoms with van der Waals surface area (Å²) in [7, 11) is 0. The molecule has 1 aromatic heterocycles. The molecule has 33 heavy (non-hydrogen) atoms. The molecule has 0 atom stereocenters. The highest BCUT2D eigenvalue weighted by Crippen LogP contribution is 2.28. The number of fused-ring (bicyclic) bond motifs is 1. The summed E-state index contributed by atoms with van der Waals surface area (Å²) in [6, 6.07) is 9.35. The van der Waals surface area contributed by atoms with E-state index in [1.165, 1.54) is 21.7 Å². The quantitative estimate of drug-likeness (QED) is 0.429. The van der Waals surface area contributed by atoms with Crippen LogP contribution in [-0.4, -0.2) is 45.0 Å². The van der Waals surface area contributed by atoms with Gasteiger partial charge in [0.2, 0.25) is 11.8 Å². The highest BCUT2D eigenvalue weighted by atomic mass is 35.5. The molecule has 9 nitrogen and oxygen atoms in total. The smallest absolute Gasteiger partial charge is 0.269 e. The zero-order valence-electron chi connectivity index (χ0n) is 17.6. The molecular formula is C22H22ClFN6O3. The number of halogens is 2. The van der Waals surface area contributed by atoms with Crippen molar-refractivity contribution in [2.45, 2.75) is 32.0 Å². The van der Waals surface area contributed by atoms with Crippen molar-refractivity contribution >= 4 is 45.9 Å². The van der Waals surface area contributed by atoms with Crippen LogP contribution in [0.5, 0.6) is 0 Å². The molecule has 0 bridgehead atoms. The van der Waals surface area contributed by atoms with Crippen LogP contribution in [0.2, 0.25) is 5.02 Å². The number of anilines is 1. The van der Waals surface area contributed by atoms with Crippen molar-refractivity contribution in [2.24, 2.45) is 5.73 Å². The fraction of sp³-hybridized carbons (Fsp3) is 0.273. The van der Waals surface area contributed by atoms with Gasteiger partial charge in [-0.3, -0.25) is 19.1 Å². The molecule has 1 heterocycles. The first kappa shape index (κ1) is 22.5. The summed E-state index contributed by atoms with van der Waals surface area (Å²) in [5, 5.41) is 7.24. The largest absolute Gasteiger partial charge is 0.399 e. The van der Waals surface area contributed by atoms with Crippen LogP contribution in [0.25, 0.3) is 10.9 Å². The van der Waals surface area contributed by atoms with E-state index in [-0.39, 0.29) is 47.9 Å². The van der Waals surface area contributed by atoms with Crippen LogP contribution < -0.4 is 16.8 Å². The van der Waals surface area contributed by atoms with Crippen molar-refractivity contribution < 1.29 is 18.8 Å². The first-order valence-electron chi connectivity index (χ1n) is 10.3. The Morgan fingerprint density at radius 3 is 2.70 bits per heavy atom. The summed E-state index contributed by atoms with van der Waals surface area (Å²) in [5.74, 6) is -2.08. The fourth-order valence-electron chi connectivity index (χ4n) is 3.61. The van der Waals surface area contributed by atoms with Gasteiger partial charge in [-0.1, -0.05) is 23.7 Å². The van der Waals surface area contributed by atoms with E-state index in [0.29, 0.717) is 16.6 Å². The van der Waals surface area contributed by atoms with Gasteiger partial charge in [-0.05, 0) is 37.1 Å². The molecule has 0 unspecified atom stereocenters. The standard InChI is InChI=1S/C22H22ClFN6O3/c23-16-3-1-2-12(20(16)24)9-27-18(31)10-29(14-5-6-14)19(32)11-30-17-7-4-13(25)8-15(17)21(28-30)22(26)33/h1-4,7-8,14H,5-6,9-11,25H2,(H2,26,33)(H,27,31). The maximum Gasteiger partial charge on any atom is 0.269 e. The molecule has 0 aliphatic heterocycles. The lowest BCUT2D eigenvalue weighted by Crippen LogP contribution is -2.43. The molecule has 0 radical (unpaired) electrons. The number of hydrogen-bond donors (Lipinski definition) is 3. The Balaban J connectivity index is 1.47. The van der Waals surface area contributed by atoms with E-state index in [1.807, 2.05) is 0 Å². The number of aromatic nitrogens is 2. The van der Waals surface area contributed by atoms with Gasteiger partial charge in [0.25, 0.3) is 5.91 Å². The molecule has 5 N–H and O–H groups in total. The number of amides is 3. The van der Waals surface area contributed by atoms with Gasteiger partial charge in [0, 0.05) is 29.2 Å². The Labute approximate surface area is 193 Å². The molecule has 3 aromatic rings. The molecule has 0 spiro atoms. The van der Waals surface area contributed by atoms with Gasteiger partial charge in [-0.15, -0.1) is 0 Å². The summed E-state index contributed by atoms with van der Waals surface area (Å²) in [6.45, 7) is -0.411. The van der Waals surface area contributed by atoms with Gasteiger partial charge < -0.3 is 21.7 Å². The van der Waals surface area contributed by atoms with Crippen molar-refractivity contribution in [3.05, 3.63) is 58.5 Å². The number of nitrogens with one attached hydrogen (secondary N) is 1. The SMILES string of the molecule is NC(=O)c1nn(CC(=O)N(CC(=O)NCc2cccc(Cl)c2F)C2CC2)c2ccc(N)cc12. The second-order valence-corrected chi connectivity index (χ2v) is 8.30. The Hall–Kier alpha value is -3.66. The number of carbonyl (C=O) groups is 3. The first-order chi connectivity index (χ1) is 15.7. The Kier molecular flexibility index (Phi) is 6.19. The first-order valence-corrected chi connectivity index (χ1v) is 10.7. The lowest BCUT2D eigenvalue weighted by Gasteiger charge is -2.22. The minimum Gasteiger partial charge on any atom is -0.399 e. The van der Waals surface area contributed by atoms with Crippen molar-refractivity contribution in [3.8, 4) is 0 Å². The predicted molar refractivity (Wildman–Crippen MR) is 121 cm³/mol. The van der Waals surface area contributed by atoms with E-state index in [4.69, 9.17) is 23.1 Å². The van der Waals surface area contributed by atoms with Crippen LogP contribution >= 0.6 is 11.6 Å². The van der Waals surface area contributed by atoms with E-state index in [9.17, 15) is 18.8 Å². The molecule has 2 aromatic carbocycles. The molecule has 1 aliphatic carbocycles. The monoisotopic (exact) mass is 472 g/mol. The van der Waals surface area contributed by atoms with Crippen LogP contribution in [-0.2, 0) is 22.7 Å². The predicted octanol–water partition coefficient (Wildman–Crippen LogP) is 1.82. The van der Waals surface area contributed by atoms with Crippen LogP contribution in [0, 0.1) is 5.82 Å². The average molecular weight is 473 g/mol. The molecule has 11 heteroatoms. The fourth-order valence-corrected chi connectivity index (χ4v) is 3.81. The molecule has 4 rings (SSSR count). The maximum absolute atomic E-state index is 14.0. The zero-order valence-corrected chi connectivity index (χ0v) is 18.3. The van der Waals surface area contributed by atoms with E-state index in [2.05, 4.69) is 10.4 Å². The molecular weight excluding hydrogens is 451 g/mol. The van der Waals surface area contributed by atoms with E-state index in [0.717, 1.165) is 12.8 Å². The van der Waals surface area contributed by atoms with Crippen molar-refractivity contribution in [2.75, 3.05) is 12.3 Å². The summed E-state index contributed by atoms with van der Waals surface area (Å²) in [5.41, 5.74) is 12.5. The van der Waals surface area contributed by atoms with Crippen LogP contribution in [0.3, 0.4) is 0 Å². The third kappa shape index (κ3) is 4.90. The number of primary amides is 1. The zero-order chi connectivity index (χ0) is 23.7. The third-order valence-electron chi connectivity index (χ3n) is 5.42. The Morgan fingerprint density at radius 1 is 1.24 bits per heavy atom. The Morgan fingerprint density at radius 2 is 2.00 bits per heavy atom. The van der Waals surface area contributed by atoms with Crippen LogP contribution in [0.1, 0.15) is 28.9 Å². The summed E-state index contributed by atoms with van der Waals surface area (Å²) < 4.78 is 15.4. The summed E-state index contributed by atoms with van der Waals surface area (Å²) in [6.07, 6.45) is 1.57. The van der Waals surface area contributed by atoms with Gasteiger partial charge in [0.05, 0.1) is 17.1 Å². The van der Waals surface area contributed by atoms with Gasteiger partial charge in [-0.25, -0.2) is 4.39 Å². The highest BCUT2D eigenvalue weighted by Gasteiger charge is 2.34. The number of hydrogen-bond acceptors (Lipinski definition) is 5. The molecule has 172 valence electrons. The molecule has 1 aliphatic rings. The lowest BCUT2D eigenvalue weighted by molar-refractivity contribution is -0.137. The number of benzene rings is 2. The summed E-state index contributed by atoms with van der Waals surface area (Å²) >= 11 is 5.77. The van der Waals surface area contributed by atoms with Gasteiger partial charge >= 0.3 is 0 Å². The number of rotatable bonds is 8. The third-order valence-corrected chi connectivity index (χ3v) is 5.71. The van der Waals surface area contributed by atoms with Crippen molar-refractivity contribution in [1.29, 1.82) is 0 Å². The average Bonchev–Trinajstić information content (AvgIpc) is 3.55. The van der Waals surface area contributed by atoms with Gasteiger partial charge in [0.1, 0.15) is 12.4 Å². The molecule has 0 saturated heterocycles. The number of nitrogens with zero attached hydrogens (tertiary/aromatic N) is 3. The molecule has 3 amide bonds. The van der Waals surface area contributed by atoms with Gasteiger partial charge in [0.15, 0.2) is 5.69 Å². The molecule has 1 saturated carbocycles. The number of nitrogen functional groups attached to an aromatic ring is 1. The minimum absolute atomic E-state index is 0.0179. The summed E-state index contributed by atoms with van der Waals surface area (Å²) in [4.78, 5) is 38.8. The maximum atomic E-state index is 14.0. The Bertz CT molecular complexity index is 1260. The van der Waals surface area contributed by atoms with Crippen LogP contribution in [0.15, 0.2) is 36.4 Å². The highest BCUT2D eigenvalue weighted by molar-refractivity contribution is 6.30. The second kappa shape index (κ2) is 9.07. The van der Waals surface area contributed by atoms with E-state index < -0.39 is 17.6 Å². The van der Waals surface area contributed by atoms with E-state index in [1.54, 1.807) is 24.3 Å². The lowest BCUT2D eigenvalue weighted by atomic mass is 10.2. The van der Waals surface area contributed by atoms with Crippen molar-refractivity contribution in [1.82, 2.24) is 20.0 Å².